The number of para-hydroxylation sites is 1. The fourth-order valence-electron chi connectivity index (χ4n) is 1.55. The Morgan fingerprint density at radius 1 is 1.33 bits per heavy atom. The van der Waals surface area contributed by atoms with E-state index < -0.39 is 0 Å². The van der Waals surface area contributed by atoms with Gasteiger partial charge in [-0.05, 0) is 12.1 Å². The van der Waals surface area contributed by atoms with Gasteiger partial charge in [-0.2, -0.15) is 5.26 Å². The highest BCUT2D eigenvalue weighted by atomic mass is 16.2. The molecule has 0 saturated heterocycles. The van der Waals surface area contributed by atoms with Crippen LogP contribution in [0.25, 0.3) is 0 Å². The Morgan fingerprint density at radius 3 is 2.78 bits per heavy atom. The first-order valence-corrected chi connectivity index (χ1v) is 5.27. The predicted octanol–water partition coefficient (Wildman–Crippen LogP) is 1.62. The molecule has 5 heteroatoms. The van der Waals surface area contributed by atoms with Gasteiger partial charge in [-0.15, -0.1) is 0 Å². The standard InChI is InChI=1S/C13H10N4O/c1-17(12-5-3-2-4-10(12)8-14)13(18)11-9-15-6-7-16-11/h2-7,9H,1H3. The zero-order valence-electron chi connectivity index (χ0n) is 9.74. The van der Waals surface area contributed by atoms with Gasteiger partial charge in [0.1, 0.15) is 11.8 Å². The van der Waals surface area contributed by atoms with Crippen LogP contribution in [0.15, 0.2) is 42.9 Å². The molecule has 88 valence electrons. The van der Waals surface area contributed by atoms with Crippen molar-refractivity contribution in [1.29, 1.82) is 5.26 Å². The van der Waals surface area contributed by atoms with E-state index in [-0.39, 0.29) is 11.6 Å². The van der Waals surface area contributed by atoms with Gasteiger partial charge in [0.2, 0.25) is 0 Å². The monoisotopic (exact) mass is 238 g/mol. The van der Waals surface area contributed by atoms with Crippen molar-refractivity contribution in [2.45, 2.75) is 0 Å². The lowest BCUT2D eigenvalue weighted by Gasteiger charge is -2.17. The summed E-state index contributed by atoms with van der Waals surface area (Å²) >= 11 is 0. The lowest BCUT2D eigenvalue weighted by Crippen LogP contribution is -2.27. The van der Waals surface area contributed by atoms with Gasteiger partial charge in [-0.1, -0.05) is 12.1 Å². The van der Waals surface area contributed by atoms with E-state index in [1.807, 2.05) is 0 Å². The second-order valence-corrected chi connectivity index (χ2v) is 3.58. The van der Waals surface area contributed by atoms with Gasteiger partial charge in [-0.3, -0.25) is 9.78 Å². The third-order valence-corrected chi connectivity index (χ3v) is 2.47. The van der Waals surface area contributed by atoms with Crippen LogP contribution in [-0.2, 0) is 0 Å². The van der Waals surface area contributed by atoms with Crippen LogP contribution < -0.4 is 4.90 Å². The van der Waals surface area contributed by atoms with Gasteiger partial charge >= 0.3 is 0 Å². The Balaban J connectivity index is 2.35. The number of aromatic nitrogens is 2. The van der Waals surface area contributed by atoms with Crippen molar-refractivity contribution in [1.82, 2.24) is 9.97 Å². The zero-order valence-corrected chi connectivity index (χ0v) is 9.74. The number of anilines is 1. The fourth-order valence-corrected chi connectivity index (χ4v) is 1.55. The van der Waals surface area contributed by atoms with E-state index in [9.17, 15) is 4.79 Å². The molecule has 1 aromatic carbocycles. The van der Waals surface area contributed by atoms with Gasteiger partial charge in [-0.25, -0.2) is 4.98 Å². The fraction of sp³-hybridized carbons (Fsp3) is 0.0769. The number of benzene rings is 1. The average molecular weight is 238 g/mol. The van der Waals surface area contributed by atoms with E-state index in [0.717, 1.165) is 0 Å². The molecule has 0 spiro atoms. The van der Waals surface area contributed by atoms with Crippen molar-refractivity contribution in [3.63, 3.8) is 0 Å². The lowest BCUT2D eigenvalue weighted by molar-refractivity contribution is 0.0988. The van der Waals surface area contributed by atoms with Crippen molar-refractivity contribution in [3.05, 3.63) is 54.1 Å². The van der Waals surface area contributed by atoms with Gasteiger partial charge in [0.05, 0.1) is 17.4 Å². The van der Waals surface area contributed by atoms with E-state index in [0.29, 0.717) is 11.3 Å². The number of hydrogen-bond acceptors (Lipinski definition) is 4. The molecule has 0 unspecified atom stereocenters. The summed E-state index contributed by atoms with van der Waals surface area (Å²) in [5.74, 6) is -0.300. The van der Waals surface area contributed by atoms with E-state index in [4.69, 9.17) is 5.26 Å². The lowest BCUT2D eigenvalue weighted by atomic mass is 10.2. The number of nitrogens with zero attached hydrogens (tertiary/aromatic N) is 4. The highest BCUT2D eigenvalue weighted by Crippen LogP contribution is 2.19. The Bertz CT molecular complexity index is 604. The molecule has 2 aromatic rings. The number of nitriles is 1. The molecule has 1 heterocycles. The third kappa shape index (κ3) is 2.18. The van der Waals surface area contributed by atoms with Crippen molar-refractivity contribution in [2.75, 3.05) is 11.9 Å². The van der Waals surface area contributed by atoms with E-state index >= 15 is 0 Å². The summed E-state index contributed by atoms with van der Waals surface area (Å²) in [6.07, 6.45) is 4.35. The maximum Gasteiger partial charge on any atom is 0.278 e. The van der Waals surface area contributed by atoms with Crippen molar-refractivity contribution in [3.8, 4) is 6.07 Å². The molecule has 0 aliphatic heterocycles. The largest absolute Gasteiger partial charge is 0.309 e. The van der Waals surface area contributed by atoms with Crippen LogP contribution in [0.3, 0.4) is 0 Å². The van der Waals surface area contributed by atoms with Crippen molar-refractivity contribution in [2.24, 2.45) is 0 Å². The quantitative estimate of drug-likeness (QED) is 0.797. The first-order chi connectivity index (χ1) is 8.74. The zero-order chi connectivity index (χ0) is 13.0. The van der Waals surface area contributed by atoms with Crippen LogP contribution in [0.2, 0.25) is 0 Å². The normalized spacial score (nSPS) is 9.56. The first-order valence-electron chi connectivity index (χ1n) is 5.27. The summed E-state index contributed by atoms with van der Waals surface area (Å²) in [6.45, 7) is 0. The van der Waals surface area contributed by atoms with Crippen LogP contribution in [-0.4, -0.2) is 22.9 Å². The summed E-state index contributed by atoms with van der Waals surface area (Å²) in [7, 11) is 1.60. The molecular formula is C13H10N4O. The highest BCUT2D eigenvalue weighted by Gasteiger charge is 2.17. The Morgan fingerprint density at radius 2 is 2.11 bits per heavy atom. The topological polar surface area (TPSA) is 69.9 Å². The molecule has 0 radical (unpaired) electrons. The Hall–Kier alpha value is -2.74. The summed E-state index contributed by atoms with van der Waals surface area (Å²) in [5.41, 5.74) is 1.24. The number of rotatable bonds is 2. The number of amides is 1. The van der Waals surface area contributed by atoms with Crippen molar-refractivity contribution < 1.29 is 4.79 Å². The minimum Gasteiger partial charge on any atom is -0.309 e. The average Bonchev–Trinajstić information content (AvgIpc) is 2.46. The van der Waals surface area contributed by atoms with E-state index in [1.54, 1.807) is 31.3 Å². The van der Waals surface area contributed by atoms with E-state index in [1.165, 1.54) is 23.5 Å². The molecule has 0 atom stereocenters. The second kappa shape index (κ2) is 5.06. The molecule has 0 fully saturated rings. The van der Waals surface area contributed by atoms with Gasteiger partial charge < -0.3 is 4.90 Å². The Kier molecular flexibility index (Phi) is 3.30. The molecular weight excluding hydrogens is 228 g/mol. The summed E-state index contributed by atoms with van der Waals surface area (Å²) in [6, 6.07) is 8.96. The molecule has 0 bridgehead atoms. The molecule has 0 aliphatic rings. The van der Waals surface area contributed by atoms with Gasteiger partial charge in [0.25, 0.3) is 5.91 Å². The SMILES string of the molecule is CN(C(=O)c1cnccn1)c1ccccc1C#N. The van der Waals surface area contributed by atoms with Crippen LogP contribution in [0.1, 0.15) is 16.1 Å². The molecule has 0 saturated carbocycles. The number of hydrogen-bond donors (Lipinski definition) is 0. The summed E-state index contributed by atoms with van der Waals surface area (Å²) < 4.78 is 0. The van der Waals surface area contributed by atoms with Crippen molar-refractivity contribution >= 4 is 11.6 Å². The molecule has 18 heavy (non-hydrogen) atoms. The second-order valence-electron chi connectivity index (χ2n) is 3.58. The molecule has 1 amide bonds. The number of carbonyl (C=O) groups is 1. The molecule has 0 aliphatic carbocycles. The van der Waals surface area contributed by atoms with Crippen LogP contribution >= 0.6 is 0 Å². The smallest absolute Gasteiger partial charge is 0.278 e. The number of carbonyl (C=O) groups excluding carboxylic acids is 1. The maximum absolute atomic E-state index is 12.1. The van der Waals surface area contributed by atoms with Crippen LogP contribution in [0, 0.1) is 11.3 Å². The highest BCUT2D eigenvalue weighted by molar-refractivity contribution is 6.04. The van der Waals surface area contributed by atoms with Crippen LogP contribution in [0.4, 0.5) is 5.69 Å². The molecule has 2 rings (SSSR count). The Labute approximate surface area is 104 Å². The summed E-state index contributed by atoms with van der Waals surface area (Å²) in [5, 5.41) is 9.00. The maximum atomic E-state index is 12.1. The molecule has 1 aromatic heterocycles. The molecule has 0 N–H and O–H groups in total. The first kappa shape index (κ1) is 11.7. The summed E-state index contributed by atoms with van der Waals surface area (Å²) in [4.78, 5) is 21.3. The molecule has 5 nitrogen and oxygen atoms in total. The third-order valence-electron chi connectivity index (χ3n) is 2.47. The van der Waals surface area contributed by atoms with Gasteiger partial charge in [0, 0.05) is 19.4 Å². The predicted molar refractivity (Wildman–Crippen MR) is 65.9 cm³/mol. The minimum absolute atomic E-state index is 0.243. The van der Waals surface area contributed by atoms with Gasteiger partial charge in [0.15, 0.2) is 0 Å². The van der Waals surface area contributed by atoms with Crippen LogP contribution in [0.5, 0.6) is 0 Å². The minimum atomic E-state index is -0.300. The van der Waals surface area contributed by atoms with E-state index in [2.05, 4.69) is 16.0 Å².